The number of carbonyl (C=O) groups is 2. The lowest BCUT2D eigenvalue weighted by Gasteiger charge is -2.42. The van der Waals surface area contributed by atoms with Crippen LogP contribution < -0.4 is 10.6 Å². The van der Waals surface area contributed by atoms with Gasteiger partial charge in [0.05, 0.1) is 13.1 Å². The molecule has 0 spiro atoms. The molecule has 0 aromatic carbocycles. The number of hydrogen-bond donors (Lipinski definition) is 2. The molecule has 2 N–H and O–H groups in total. The molecule has 0 aliphatic carbocycles. The van der Waals surface area contributed by atoms with Gasteiger partial charge in [0.25, 0.3) is 0 Å². The number of amides is 2. The highest BCUT2D eigenvalue weighted by Crippen LogP contribution is 2.15. The second-order valence-corrected chi connectivity index (χ2v) is 6.01. The summed E-state index contributed by atoms with van der Waals surface area (Å²) in [6.07, 6.45) is 0.901. The molecule has 1 fully saturated rings. The highest BCUT2D eigenvalue weighted by atomic mass is 16.2. The molecule has 6 heteroatoms. The maximum atomic E-state index is 12.2. The largest absolute Gasteiger partial charge is 0.355 e. The molecule has 0 atom stereocenters. The van der Waals surface area contributed by atoms with E-state index in [0.717, 1.165) is 26.1 Å². The fraction of sp³-hybridized carbons (Fsp3) is 0.857. The van der Waals surface area contributed by atoms with Gasteiger partial charge in [0.2, 0.25) is 11.8 Å². The summed E-state index contributed by atoms with van der Waals surface area (Å²) in [6, 6.07) is 0. The molecule has 0 aromatic heterocycles. The third-order valence-electron chi connectivity index (χ3n) is 3.68. The Kier molecular flexibility index (Phi) is 6.42. The Morgan fingerprint density at radius 2 is 2.10 bits per heavy atom. The summed E-state index contributed by atoms with van der Waals surface area (Å²) in [7, 11) is 1.68. The monoisotopic (exact) mass is 284 g/mol. The number of hydrogen-bond acceptors (Lipinski definition) is 4. The van der Waals surface area contributed by atoms with Gasteiger partial charge < -0.3 is 15.5 Å². The van der Waals surface area contributed by atoms with Crippen LogP contribution in [-0.2, 0) is 9.59 Å². The lowest BCUT2D eigenvalue weighted by molar-refractivity contribution is -0.137. The second kappa shape index (κ2) is 7.59. The quantitative estimate of drug-likeness (QED) is 0.700. The van der Waals surface area contributed by atoms with Crippen molar-refractivity contribution in [2.24, 2.45) is 0 Å². The second-order valence-electron chi connectivity index (χ2n) is 6.01. The van der Waals surface area contributed by atoms with Crippen LogP contribution in [0.3, 0.4) is 0 Å². The Bertz CT molecular complexity index is 344. The summed E-state index contributed by atoms with van der Waals surface area (Å²) in [5.41, 5.74) is -0.0286. The van der Waals surface area contributed by atoms with Gasteiger partial charge in [-0.1, -0.05) is 6.92 Å². The van der Waals surface area contributed by atoms with Crippen LogP contribution in [0.2, 0.25) is 0 Å². The predicted octanol–water partition coefficient (Wildman–Crippen LogP) is -0.345. The standard InChI is InChI=1S/C14H28N4O2/c1-5-6-16-12(19)9-17(4)13(20)10-18-8-7-15-11-14(18,2)3/h15H,5-11H2,1-4H3,(H,16,19). The zero-order chi connectivity index (χ0) is 15.2. The Morgan fingerprint density at radius 3 is 2.70 bits per heavy atom. The molecule has 0 unspecified atom stereocenters. The van der Waals surface area contributed by atoms with Gasteiger partial charge in [0, 0.05) is 38.8 Å². The van der Waals surface area contributed by atoms with Crippen molar-refractivity contribution in [2.45, 2.75) is 32.7 Å². The van der Waals surface area contributed by atoms with Crippen LogP contribution in [0.4, 0.5) is 0 Å². The van der Waals surface area contributed by atoms with Crippen LogP contribution in [0.15, 0.2) is 0 Å². The average Bonchev–Trinajstić information content (AvgIpc) is 2.38. The van der Waals surface area contributed by atoms with Gasteiger partial charge in [0.1, 0.15) is 0 Å². The van der Waals surface area contributed by atoms with E-state index in [9.17, 15) is 9.59 Å². The Hall–Kier alpha value is -1.14. The van der Waals surface area contributed by atoms with Gasteiger partial charge >= 0.3 is 0 Å². The molecule has 1 aliphatic rings. The summed E-state index contributed by atoms with van der Waals surface area (Å²) in [6.45, 7) is 10.0. The average molecular weight is 284 g/mol. The molecule has 1 rings (SSSR count). The van der Waals surface area contributed by atoms with Gasteiger partial charge in [-0.05, 0) is 20.3 Å². The van der Waals surface area contributed by atoms with E-state index in [1.165, 1.54) is 4.90 Å². The van der Waals surface area contributed by atoms with E-state index >= 15 is 0 Å². The topological polar surface area (TPSA) is 64.7 Å². The molecule has 1 heterocycles. The van der Waals surface area contributed by atoms with Crippen LogP contribution in [0.25, 0.3) is 0 Å². The Labute approximate surface area is 121 Å². The van der Waals surface area contributed by atoms with Gasteiger partial charge in [0.15, 0.2) is 0 Å². The number of likely N-dealkylation sites (N-methyl/N-ethyl adjacent to an activating group) is 1. The summed E-state index contributed by atoms with van der Waals surface area (Å²) < 4.78 is 0. The lowest BCUT2D eigenvalue weighted by Crippen LogP contribution is -2.60. The maximum absolute atomic E-state index is 12.2. The Balaban J connectivity index is 2.42. The van der Waals surface area contributed by atoms with E-state index in [2.05, 4.69) is 29.4 Å². The molecule has 0 saturated carbocycles. The molecule has 0 radical (unpaired) electrons. The molecule has 2 amide bonds. The summed E-state index contributed by atoms with van der Waals surface area (Å²) in [5.74, 6) is -0.103. The molecule has 6 nitrogen and oxygen atoms in total. The smallest absolute Gasteiger partial charge is 0.239 e. The number of nitrogens with one attached hydrogen (secondary N) is 2. The highest BCUT2D eigenvalue weighted by molar-refractivity contribution is 5.85. The fourth-order valence-corrected chi connectivity index (χ4v) is 2.22. The van der Waals surface area contributed by atoms with E-state index < -0.39 is 0 Å². The molecule has 116 valence electrons. The van der Waals surface area contributed by atoms with E-state index in [4.69, 9.17) is 0 Å². The summed E-state index contributed by atoms with van der Waals surface area (Å²) in [5, 5.41) is 6.11. The molecule has 1 aliphatic heterocycles. The number of piperazine rings is 1. The minimum atomic E-state index is -0.0951. The predicted molar refractivity (Wildman–Crippen MR) is 79.5 cm³/mol. The van der Waals surface area contributed by atoms with Crippen molar-refractivity contribution >= 4 is 11.8 Å². The van der Waals surface area contributed by atoms with Gasteiger partial charge in [-0.25, -0.2) is 0 Å². The van der Waals surface area contributed by atoms with Crippen LogP contribution in [0.1, 0.15) is 27.2 Å². The first-order valence-corrected chi connectivity index (χ1v) is 7.33. The summed E-state index contributed by atoms with van der Waals surface area (Å²) >= 11 is 0. The van der Waals surface area contributed by atoms with Crippen molar-refractivity contribution in [3.63, 3.8) is 0 Å². The highest BCUT2D eigenvalue weighted by Gasteiger charge is 2.31. The van der Waals surface area contributed by atoms with Crippen molar-refractivity contribution < 1.29 is 9.59 Å². The lowest BCUT2D eigenvalue weighted by atomic mass is 10.0. The van der Waals surface area contributed by atoms with Crippen LogP contribution in [0, 0.1) is 0 Å². The zero-order valence-corrected chi connectivity index (χ0v) is 13.2. The molecule has 20 heavy (non-hydrogen) atoms. The third-order valence-corrected chi connectivity index (χ3v) is 3.68. The van der Waals surface area contributed by atoms with Crippen molar-refractivity contribution in [1.29, 1.82) is 0 Å². The fourth-order valence-electron chi connectivity index (χ4n) is 2.22. The van der Waals surface area contributed by atoms with E-state index in [1.807, 2.05) is 6.92 Å². The van der Waals surface area contributed by atoms with Gasteiger partial charge in [-0.15, -0.1) is 0 Å². The minimum absolute atomic E-state index is 0.00776. The number of rotatable bonds is 6. The first-order chi connectivity index (χ1) is 9.36. The van der Waals surface area contributed by atoms with E-state index in [-0.39, 0.29) is 23.9 Å². The summed E-state index contributed by atoms with van der Waals surface area (Å²) in [4.78, 5) is 27.5. The molecule has 0 aromatic rings. The van der Waals surface area contributed by atoms with E-state index in [1.54, 1.807) is 7.05 Å². The number of carbonyl (C=O) groups excluding carboxylic acids is 2. The third kappa shape index (κ3) is 5.09. The molecular weight excluding hydrogens is 256 g/mol. The van der Waals surface area contributed by atoms with E-state index in [0.29, 0.717) is 13.1 Å². The van der Waals surface area contributed by atoms with Gasteiger partial charge in [-0.2, -0.15) is 0 Å². The van der Waals surface area contributed by atoms with Gasteiger partial charge in [-0.3, -0.25) is 14.5 Å². The SMILES string of the molecule is CCCNC(=O)CN(C)C(=O)CN1CCNCC1(C)C. The maximum Gasteiger partial charge on any atom is 0.239 e. The van der Waals surface area contributed by atoms with Crippen molar-refractivity contribution in [3.05, 3.63) is 0 Å². The van der Waals surface area contributed by atoms with Crippen molar-refractivity contribution in [2.75, 3.05) is 46.3 Å². The van der Waals surface area contributed by atoms with Crippen LogP contribution >= 0.6 is 0 Å². The van der Waals surface area contributed by atoms with Crippen LogP contribution in [-0.4, -0.2) is 73.5 Å². The molecule has 0 bridgehead atoms. The van der Waals surface area contributed by atoms with Crippen molar-refractivity contribution in [1.82, 2.24) is 20.4 Å². The minimum Gasteiger partial charge on any atom is -0.355 e. The normalized spacial score (nSPS) is 18.6. The zero-order valence-electron chi connectivity index (χ0n) is 13.2. The first-order valence-electron chi connectivity index (χ1n) is 7.33. The van der Waals surface area contributed by atoms with Crippen LogP contribution in [0.5, 0.6) is 0 Å². The number of nitrogens with zero attached hydrogens (tertiary/aromatic N) is 2. The molecule has 1 saturated heterocycles. The van der Waals surface area contributed by atoms with Crippen molar-refractivity contribution in [3.8, 4) is 0 Å². The Morgan fingerprint density at radius 1 is 1.40 bits per heavy atom. The first kappa shape index (κ1) is 16.9. The molecular formula is C14H28N4O2.